The van der Waals surface area contributed by atoms with E-state index in [0.29, 0.717) is 11.4 Å². The number of benzene rings is 2. The number of nitrogens with one attached hydrogen (secondary N) is 2. The molecule has 30 heavy (non-hydrogen) atoms. The lowest BCUT2D eigenvalue weighted by Crippen LogP contribution is -2.20. The molecule has 0 atom stereocenters. The Kier molecular flexibility index (Phi) is 6.53. The molecule has 0 fully saturated rings. The molecule has 1 heterocycles. The number of H-pyrrole nitrogens is 1. The van der Waals surface area contributed by atoms with Crippen molar-refractivity contribution < 1.29 is 22.3 Å². The van der Waals surface area contributed by atoms with Crippen LogP contribution in [0.3, 0.4) is 0 Å². The minimum absolute atomic E-state index is 0.0744. The first-order valence-corrected chi connectivity index (χ1v) is 10.9. The predicted molar refractivity (Wildman–Crippen MR) is 109 cm³/mol. The fraction of sp³-hybridized carbons (Fsp3) is 0.105. The van der Waals surface area contributed by atoms with Gasteiger partial charge in [-0.2, -0.15) is 0 Å². The van der Waals surface area contributed by atoms with Crippen molar-refractivity contribution in [1.82, 2.24) is 9.97 Å². The summed E-state index contributed by atoms with van der Waals surface area (Å²) < 4.78 is 43.2. The molecule has 11 heteroatoms. The number of aromatic nitrogens is 2. The summed E-state index contributed by atoms with van der Waals surface area (Å²) in [6.45, 7) is 0. The molecule has 0 unspecified atom stereocenters. The largest absolute Gasteiger partial charge is 0.497 e. The lowest BCUT2D eigenvalue weighted by Gasteiger charge is -2.07. The number of ether oxygens (including phenoxy) is 1. The van der Waals surface area contributed by atoms with Crippen molar-refractivity contribution in [2.75, 3.05) is 18.2 Å². The van der Waals surface area contributed by atoms with Crippen molar-refractivity contribution in [3.05, 3.63) is 70.9 Å². The Morgan fingerprint density at radius 2 is 1.83 bits per heavy atom. The van der Waals surface area contributed by atoms with Crippen molar-refractivity contribution in [1.29, 1.82) is 0 Å². The van der Waals surface area contributed by atoms with Crippen LogP contribution in [0.25, 0.3) is 0 Å². The molecule has 3 aromatic rings. The van der Waals surface area contributed by atoms with Crippen LogP contribution in [0.4, 0.5) is 10.1 Å². The molecule has 156 valence electrons. The Morgan fingerprint density at radius 3 is 2.43 bits per heavy atom. The summed E-state index contributed by atoms with van der Waals surface area (Å²) in [5.74, 6) is -0.435. The SMILES string of the molecule is COc1ccc(S(=O)(=O)c2cnc(SCC(=O)Nc3ccc(F)cc3)[nH]c2=O)cc1. The molecule has 0 radical (unpaired) electrons. The number of hydrogen-bond donors (Lipinski definition) is 2. The second-order valence-corrected chi connectivity index (χ2v) is 8.79. The highest BCUT2D eigenvalue weighted by atomic mass is 32.2. The number of hydrogen-bond acceptors (Lipinski definition) is 7. The molecule has 0 saturated carbocycles. The van der Waals surface area contributed by atoms with E-state index in [1.54, 1.807) is 0 Å². The Bertz CT molecular complexity index is 1210. The van der Waals surface area contributed by atoms with Gasteiger partial charge in [0.05, 0.1) is 24.0 Å². The van der Waals surface area contributed by atoms with Gasteiger partial charge in [0.25, 0.3) is 5.56 Å². The van der Waals surface area contributed by atoms with Crippen LogP contribution in [0, 0.1) is 5.82 Å². The van der Waals surface area contributed by atoms with Crippen LogP contribution in [-0.2, 0) is 14.6 Å². The maximum Gasteiger partial charge on any atom is 0.270 e. The maximum atomic E-state index is 12.9. The van der Waals surface area contributed by atoms with E-state index in [2.05, 4.69) is 15.3 Å². The van der Waals surface area contributed by atoms with E-state index >= 15 is 0 Å². The monoisotopic (exact) mass is 449 g/mol. The Balaban J connectivity index is 1.69. The van der Waals surface area contributed by atoms with Gasteiger partial charge >= 0.3 is 0 Å². The molecule has 8 nitrogen and oxygen atoms in total. The van der Waals surface area contributed by atoms with Gasteiger partial charge in [-0.15, -0.1) is 0 Å². The third-order valence-electron chi connectivity index (χ3n) is 3.87. The van der Waals surface area contributed by atoms with Crippen LogP contribution < -0.4 is 15.6 Å². The first-order valence-electron chi connectivity index (χ1n) is 8.46. The molecule has 0 spiro atoms. The number of aromatic amines is 1. The zero-order valence-corrected chi connectivity index (χ0v) is 17.2. The van der Waals surface area contributed by atoms with Crippen LogP contribution in [0.15, 0.2) is 74.5 Å². The fourth-order valence-electron chi connectivity index (χ4n) is 2.38. The number of sulfone groups is 1. The molecule has 2 N–H and O–H groups in total. The first kappa shape index (κ1) is 21.5. The molecule has 0 aliphatic heterocycles. The Labute approximate surface area is 175 Å². The van der Waals surface area contributed by atoms with Gasteiger partial charge in [0, 0.05) is 5.69 Å². The number of anilines is 1. The number of methoxy groups -OCH3 is 1. The zero-order chi connectivity index (χ0) is 21.7. The molecule has 0 saturated heterocycles. The van der Waals surface area contributed by atoms with E-state index < -0.39 is 32.0 Å². The summed E-state index contributed by atoms with van der Waals surface area (Å²) in [6, 6.07) is 10.9. The summed E-state index contributed by atoms with van der Waals surface area (Å²) in [5.41, 5.74) is -0.424. The standard InChI is InChI=1S/C19H16FN3O5S2/c1-28-14-6-8-15(9-7-14)30(26,27)16-10-21-19(23-18(16)25)29-11-17(24)22-13-4-2-12(20)3-5-13/h2-10H,11H2,1H3,(H,22,24)(H,21,23,25). The van der Waals surface area contributed by atoms with Gasteiger partial charge in [-0.25, -0.2) is 17.8 Å². The molecule has 0 aliphatic carbocycles. The quantitative estimate of drug-likeness (QED) is 0.420. The van der Waals surface area contributed by atoms with E-state index in [-0.39, 0.29) is 15.8 Å². The van der Waals surface area contributed by atoms with Crippen molar-refractivity contribution >= 4 is 33.2 Å². The average Bonchev–Trinajstić information content (AvgIpc) is 2.74. The smallest absolute Gasteiger partial charge is 0.270 e. The molecule has 2 aromatic carbocycles. The molecular formula is C19H16FN3O5S2. The second kappa shape index (κ2) is 9.09. The van der Waals surface area contributed by atoms with Gasteiger partial charge < -0.3 is 15.0 Å². The van der Waals surface area contributed by atoms with E-state index in [4.69, 9.17) is 4.74 Å². The second-order valence-electron chi connectivity index (χ2n) is 5.90. The van der Waals surface area contributed by atoms with Gasteiger partial charge in [-0.3, -0.25) is 9.59 Å². The molecule has 1 aromatic heterocycles. The summed E-state index contributed by atoms with van der Waals surface area (Å²) in [7, 11) is -2.62. The van der Waals surface area contributed by atoms with Gasteiger partial charge in [0.15, 0.2) is 10.1 Å². The van der Waals surface area contributed by atoms with E-state index in [1.807, 2.05) is 0 Å². The highest BCUT2D eigenvalue weighted by molar-refractivity contribution is 7.99. The van der Waals surface area contributed by atoms with Gasteiger partial charge in [-0.1, -0.05) is 11.8 Å². The van der Waals surface area contributed by atoms with Gasteiger partial charge in [0.2, 0.25) is 15.7 Å². The van der Waals surface area contributed by atoms with Gasteiger partial charge in [-0.05, 0) is 48.5 Å². The Hall–Kier alpha value is -3.18. The normalized spacial score (nSPS) is 11.1. The van der Waals surface area contributed by atoms with E-state index in [1.165, 1.54) is 55.6 Å². The van der Waals surface area contributed by atoms with Crippen molar-refractivity contribution in [3.8, 4) is 5.75 Å². The fourth-order valence-corrected chi connectivity index (χ4v) is 4.24. The third-order valence-corrected chi connectivity index (χ3v) is 6.52. The molecule has 0 bridgehead atoms. The van der Waals surface area contributed by atoms with Crippen LogP contribution in [0.1, 0.15) is 0 Å². The number of carbonyl (C=O) groups is 1. The number of thioether (sulfide) groups is 1. The average molecular weight is 449 g/mol. The van der Waals surface area contributed by atoms with Crippen molar-refractivity contribution in [3.63, 3.8) is 0 Å². The minimum Gasteiger partial charge on any atom is -0.497 e. The lowest BCUT2D eigenvalue weighted by molar-refractivity contribution is -0.113. The lowest BCUT2D eigenvalue weighted by atomic mass is 10.3. The van der Waals surface area contributed by atoms with Crippen molar-refractivity contribution in [2.45, 2.75) is 14.9 Å². The van der Waals surface area contributed by atoms with Crippen LogP contribution in [-0.4, -0.2) is 37.2 Å². The summed E-state index contributed by atoms with van der Waals surface area (Å²) in [5, 5.41) is 2.65. The molecule has 3 rings (SSSR count). The highest BCUT2D eigenvalue weighted by Gasteiger charge is 2.22. The number of halogens is 1. The molecule has 1 amide bonds. The zero-order valence-electron chi connectivity index (χ0n) is 15.6. The van der Waals surface area contributed by atoms with E-state index in [9.17, 15) is 22.4 Å². The maximum absolute atomic E-state index is 12.9. The van der Waals surface area contributed by atoms with E-state index in [0.717, 1.165) is 18.0 Å². The van der Waals surface area contributed by atoms with Crippen LogP contribution in [0.2, 0.25) is 0 Å². The predicted octanol–water partition coefficient (Wildman–Crippen LogP) is 2.48. The van der Waals surface area contributed by atoms with Crippen molar-refractivity contribution in [2.24, 2.45) is 0 Å². The number of rotatable bonds is 7. The first-order chi connectivity index (χ1) is 14.3. The van der Waals surface area contributed by atoms with Gasteiger partial charge in [0.1, 0.15) is 11.6 Å². The number of nitrogens with zero attached hydrogens (tertiary/aromatic N) is 1. The molecular weight excluding hydrogens is 433 g/mol. The number of carbonyl (C=O) groups excluding carboxylic acids is 1. The summed E-state index contributed by atoms with van der Waals surface area (Å²) >= 11 is 0.921. The Morgan fingerprint density at radius 1 is 1.17 bits per heavy atom. The highest BCUT2D eigenvalue weighted by Crippen LogP contribution is 2.21. The third kappa shape index (κ3) is 5.05. The topological polar surface area (TPSA) is 118 Å². The summed E-state index contributed by atoms with van der Waals surface area (Å²) in [6.07, 6.45) is 0.957. The number of amides is 1. The molecule has 0 aliphatic rings. The summed E-state index contributed by atoms with van der Waals surface area (Å²) in [4.78, 5) is 30.0. The van der Waals surface area contributed by atoms with Crippen LogP contribution >= 0.6 is 11.8 Å². The van der Waals surface area contributed by atoms with Crippen LogP contribution in [0.5, 0.6) is 5.75 Å². The minimum atomic E-state index is -4.07.